The van der Waals surface area contributed by atoms with Crippen LogP contribution in [0.4, 0.5) is 0 Å². The predicted octanol–water partition coefficient (Wildman–Crippen LogP) is -1.65. The van der Waals surface area contributed by atoms with Gasteiger partial charge >= 0.3 is 0 Å². The van der Waals surface area contributed by atoms with E-state index in [0.717, 1.165) is 10.8 Å². The lowest BCUT2D eigenvalue weighted by molar-refractivity contribution is 0.0800. The molecule has 1 aromatic rings. The number of hydrogen-bond donors (Lipinski definition) is 3. The number of primary amides is 1. The summed E-state index contributed by atoms with van der Waals surface area (Å²) in [5, 5.41) is 17.8. The first-order chi connectivity index (χ1) is 7.47. The van der Waals surface area contributed by atoms with Gasteiger partial charge in [-0.15, -0.1) is 0 Å². The van der Waals surface area contributed by atoms with Crippen LogP contribution in [0.1, 0.15) is 10.5 Å². The second-order valence-electron chi connectivity index (χ2n) is 3.05. The molecule has 1 aromatic heterocycles. The highest BCUT2D eigenvalue weighted by molar-refractivity contribution is 6.29. The summed E-state index contributed by atoms with van der Waals surface area (Å²) in [7, 11) is 0. The highest BCUT2D eigenvalue weighted by Crippen LogP contribution is 2.05. The number of amides is 1. The maximum Gasteiger partial charge on any atom is 0.283 e. The number of aliphatic hydroxyl groups excluding tert-OH is 2. The first kappa shape index (κ1) is 12.6. The molecule has 4 N–H and O–H groups in total. The Morgan fingerprint density at radius 3 is 2.81 bits per heavy atom. The average Bonchev–Trinajstić information content (AvgIpc) is 2.23. The Morgan fingerprint density at radius 2 is 2.31 bits per heavy atom. The highest BCUT2D eigenvalue weighted by Gasteiger charge is 2.15. The van der Waals surface area contributed by atoms with E-state index in [1.807, 2.05) is 0 Å². The molecular formula is C8H10ClN3O4. The minimum Gasteiger partial charge on any atom is -0.394 e. The molecule has 1 amide bonds. The number of carbonyl (C=O) groups is 1. The van der Waals surface area contributed by atoms with Crippen LogP contribution < -0.4 is 11.3 Å². The van der Waals surface area contributed by atoms with Crippen LogP contribution in [0.15, 0.2) is 11.0 Å². The van der Waals surface area contributed by atoms with Gasteiger partial charge in [-0.3, -0.25) is 14.2 Å². The standard InChI is InChI=1S/C8H10ClN3O4/c9-5-1-11-6(7(10)15)8(16)12(5)2-4(14)3-13/h1,4,13-14H,2-3H2,(H2,10,15). The van der Waals surface area contributed by atoms with Crippen molar-refractivity contribution in [3.8, 4) is 0 Å². The molecule has 1 rings (SSSR count). The molecule has 1 unspecified atom stereocenters. The summed E-state index contributed by atoms with van der Waals surface area (Å²) in [6.07, 6.45) is -0.0778. The normalized spacial score (nSPS) is 12.4. The fourth-order valence-electron chi connectivity index (χ4n) is 1.08. The number of hydrogen-bond acceptors (Lipinski definition) is 5. The molecule has 0 saturated carbocycles. The summed E-state index contributed by atoms with van der Waals surface area (Å²) in [5.41, 5.74) is 3.67. The Balaban J connectivity index is 3.22. The van der Waals surface area contributed by atoms with Gasteiger partial charge in [-0.2, -0.15) is 0 Å². The number of carbonyl (C=O) groups excluding carboxylic acids is 1. The van der Waals surface area contributed by atoms with Crippen molar-refractivity contribution in [3.05, 3.63) is 27.4 Å². The zero-order valence-corrected chi connectivity index (χ0v) is 8.89. The summed E-state index contributed by atoms with van der Waals surface area (Å²) < 4.78 is 0.912. The van der Waals surface area contributed by atoms with E-state index in [0.29, 0.717) is 0 Å². The first-order valence-corrected chi connectivity index (χ1v) is 4.69. The topological polar surface area (TPSA) is 118 Å². The van der Waals surface area contributed by atoms with Crippen molar-refractivity contribution < 1.29 is 15.0 Å². The fourth-order valence-corrected chi connectivity index (χ4v) is 1.27. The lowest BCUT2D eigenvalue weighted by atomic mass is 10.3. The molecule has 88 valence electrons. The van der Waals surface area contributed by atoms with Crippen LogP contribution in [0.5, 0.6) is 0 Å². The van der Waals surface area contributed by atoms with Crippen molar-refractivity contribution in [1.82, 2.24) is 9.55 Å². The molecule has 0 aliphatic carbocycles. The maximum atomic E-state index is 11.6. The summed E-state index contributed by atoms with van der Waals surface area (Å²) in [6.45, 7) is -0.770. The molecule has 16 heavy (non-hydrogen) atoms. The van der Waals surface area contributed by atoms with Gasteiger partial charge < -0.3 is 15.9 Å². The zero-order chi connectivity index (χ0) is 12.3. The Hall–Kier alpha value is -1.44. The molecule has 0 radical (unpaired) electrons. The monoisotopic (exact) mass is 247 g/mol. The number of rotatable bonds is 4. The van der Waals surface area contributed by atoms with Gasteiger partial charge in [-0.1, -0.05) is 11.6 Å². The lowest BCUT2D eigenvalue weighted by Gasteiger charge is -2.11. The van der Waals surface area contributed by atoms with E-state index in [1.165, 1.54) is 0 Å². The van der Waals surface area contributed by atoms with Crippen LogP contribution in [0.2, 0.25) is 5.15 Å². The summed E-state index contributed by atoms with van der Waals surface area (Å²) in [6, 6.07) is 0. The van der Waals surface area contributed by atoms with Gasteiger partial charge in [-0.25, -0.2) is 4.98 Å². The summed E-state index contributed by atoms with van der Waals surface area (Å²) in [5.74, 6) is -0.978. The van der Waals surface area contributed by atoms with Crippen molar-refractivity contribution in [2.75, 3.05) is 6.61 Å². The van der Waals surface area contributed by atoms with E-state index < -0.39 is 29.9 Å². The van der Waals surface area contributed by atoms with Crippen molar-refractivity contribution >= 4 is 17.5 Å². The second-order valence-corrected chi connectivity index (χ2v) is 3.43. The number of nitrogens with zero attached hydrogens (tertiary/aromatic N) is 2. The van der Waals surface area contributed by atoms with Crippen LogP contribution in [-0.2, 0) is 6.54 Å². The molecule has 0 spiro atoms. The third-order valence-corrected chi connectivity index (χ3v) is 2.14. The molecule has 0 aliphatic heterocycles. The molecule has 0 aromatic carbocycles. The largest absolute Gasteiger partial charge is 0.394 e. The minimum atomic E-state index is -1.15. The lowest BCUT2D eigenvalue weighted by Crippen LogP contribution is -2.35. The van der Waals surface area contributed by atoms with Gasteiger partial charge in [0.25, 0.3) is 11.5 Å². The zero-order valence-electron chi connectivity index (χ0n) is 8.13. The van der Waals surface area contributed by atoms with Crippen molar-refractivity contribution in [3.63, 3.8) is 0 Å². The Bertz CT molecular complexity index is 459. The van der Waals surface area contributed by atoms with Crippen LogP contribution in [0.25, 0.3) is 0 Å². The first-order valence-electron chi connectivity index (χ1n) is 4.31. The SMILES string of the molecule is NC(=O)c1ncc(Cl)n(CC(O)CO)c1=O. The van der Waals surface area contributed by atoms with Gasteiger partial charge in [-0.05, 0) is 0 Å². The molecule has 0 bridgehead atoms. The van der Waals surface area contributed by atoms with Gasteiger partial charge in [0.05, 0.1) is 25.5 Å². The average molecular weight is 248 g/mol. The number of nitrogens with two attached hydrogens (primary N) is 1. The molecule has 7 nitrogen and oxygen atoms in total. The van der Waals surface area contributed by atoms with Gasteiger partial charge in [0.2, 0.25) is 0 Å². The van der Waals surface area contributed by atoms with E-state index in [1.54, 1.807) is 0 Å². The quantitative estimate of drug-likeness (QED) is 0.589. The van der Waals surface area contributed by atoms with Crippen molar-refractivity contribution in [2.24, 2.45) is 5.73 Å². The summed E-state index contributed by atoms with van der Waals surface area (Å²) >= 11 is 5.66. The molecular weight excluding hydrogens is 238 g/mol. The van der Waals surface area contributed by atoms with Gasteiger partial charge in [0.1, 0.15) is 5.15 Å². The molecule has 1 heterocycles. The minimum absolute atomic E-state index is 0.0532. The van der Waals surface area contributed by atoms with Crippen molar-refractivity contribution in [1.29, 1.82) is 0 Å². The van der Waals surface area contributed by atoms with Crippen LogP contribution in [0, 0.1) is 0 Å². The predicted molar refractivity (Wildman–Crippen MR) is 55.1 cm³/mol. The second kappa shape index (κ2) is 5.06. The number of halogens is 1. The van der Waals surface area contributed by atoms with Crippen LogP contribution in [-0.4, -0.2) is 38.4 Å². The Labute approximate surface area is 95.1 Å². The third-order valence-electron chi connectivity index (χ3n) is 1.84. The third kappa shape index (κ3) is 2.57. The molecule has 8 heteroatoms. The summed E-state index contributed by atoms with van der Waals surface area (Å²) in [4.78, 5) is 25.9. The van der Waals surface area contributed by atoms with E-state index in [9.17, 15) is 14.7 Å². The highest BCUT2D eigenvalue weighted by atomic mass is 35.5. The van der Waals surface area contributed by atoms with E-state index in [-0.39, 0.29) is 11.7 Å². The van der Waals surface area contributed by atoms with E-state index in [4.69, 9.17) is 22.4 Å². The van der Waals surface area contributed by atoms with E-state index in [2.05, 4.69) is 4.98 Å². The van der Waals surface area contributed by atoms with Crippen molar-refractivity contribution in [2.45, 2.75) is 12.6 Å². The maximum absolute atomic E-state index is 11.6. The number of aliphatic hydroxyl groups is 2. The van der Waals surface area contributed by atoms with Crippen LogP contribution >= 0.6 is 11.6 Å². The Morgan fingerprint density at radius 1 is 1.69 bits per heavy atom. The van der Waals surface area contributed by atoms with Gasteiger partial charge in [0.15, 0.2) is 5.69 Å². The molecule has 0 fully saturated rings. The molecule has 0 saturated heterocycles. The van der Waals surface area contributed by atoms with Crippen LogP contribution in [0.3, 0.4) is 0 Å². The smallest absolute Gasteiger partial charge is 0.283 e. The van der Waals surface area contributed by atoms with E-state index >= 15 is 0 Å². The van der Waals surface area contributed by atoms with Gasteiger partial charge in [0, 0.05) is 0 Å². The molecule has 1 atom stereocenters. The number of aromatic nitrogens is 2. The fraction of sp³-hybridized carbons (Fsp3) is 0.375. The molecule has 0 aliphatic rings. The Kier molecular flexibility index (Phi) is 3.99.